The molecule has 0 saturated carbocycles. The predicted molar refractivity (Wildman–Crippen MR) is 104 cm³/mol. The van der Waals surface area contributed by atoms with Crippen LogP contribution in [-0.4, -0.2) is 47.5 Å². The summed E-state index contributed by atoms with van der Waals surface area (Å²) in [6, 6.07) is 8.41. The molecule has 1 aliphatic heterocycles. The maximum absolute atomic E-state index is 13.2. The van der Waals surface area contributed by atoms with Gasteiger partial charge in [-0.15, -0.1) is 0 Å². The highest BCUT2D eigenvalue weighted by atomic mass is 32.2. The molecule has 9 heteroatoms. The number of aryl methyl sites for hydroxylation is 2. The third-order valence-corrected chi connectivity index (χ3v) is 7.01. The van der Waals surface area contributed by atoms with Gasteiger partial charge in [0.1, 0.15) is 10.6 Å². The average molecular weight is 402 g/mol. The van der Waals surface area contributed by atoms with Gasteiger partial charge in [0.2, 0.25) is 10.0 Å². The number of hydrogen-bond donors (Lipinski definition) is 1. The van der Waals surface area contributed by atoms with Crippen LogP contribution in [0.2, 0.25) is 0 Å². The molecule has 0 aliphatic carbocycles. The molecule has 3 heterocycles. The molecule has 0 radical (unpaired) electrons. The zero-order valence-corrected chi connectivity index (χ0v) is 16.8. The lowest BCUT2D eigenvalue weighted by Gasteiger charge is -2.18. The molecule has 1 atom stereocenters. The van der Waals surface area contributed by atoms with Crippen LogP contribution in [-0.2, 0) is 10.0 Å². The number of hydrogen-bond acceptors (Lipinski definition) is 5. The van der Waals surface area contributed by atoms with Gasteiger partial charge in [0.15, 0.2) is 5.65 Å². The van der Waals surface area contributed by atoms with Crippen LogP contribution in [0.15, 0.2) is 40.0 Å². The fourth-order valence-corrected chi connectivity index (χ4v) is 5.40. The van der Waals surface area contributed by atoms with E-state index in [1.807, 2.05) is 19.1 Å². The van der Waals surface area contributed by atoms with E-state index in [4.69, 9.17) is 4.74 Å². The number of H-pyrrole nitrogens is 1. The minimum Gasteiger partial charge on any atom is -0.495 e. The van der Waals surface area contributed by atoms with Gasteiger partial charge in [-0.3, -0.25) is 9.89 Å². The molecule has 1 fully saturated rings. The number of fused-ring (bicyclic) bond motifs is 1. The van der Waals surface area contributed by atoms with Gasteiger partial charge in [-0.05, 0) is 38.0 Å². The molecule has 28 heavy (non-hydrogen) atoms. The van der Waals surface area contributed by atoms with Gasteiger partial charge >= 0.3 is 0 Å². The molecule has 8 nitrogen and oxygen atoms in total. The van der Waals surface area contributed by atoms with E-state index in [-0.39, 0.29) is 16.4 Å². The highest BCUT2D eigenvalue weighted by Crippen LogP contribution is 2.34. The lowest BCUT2D eigenvalue weighted by atomic mass is 10.1. The Morgan fingerprint density at radius 2 is 2.00 bits per heavy atom. The minimum absolute atomic E-state index is 0.0352. The van der Waals surface area contributed by atoms with Crippen molar-refractivity contribution in [3.05, 3.63) is 57.6 Å². The molecule has 0 bridgehead atoms. The van der Waals surface area contributed by atoms with Crippen LogP contribution in [0.5, 0.6) is 5.75 Å². The molecule has 3 aromatic rings. The van der Waals surface area contributed by atoms with Crippen LogP contribution < -0.4 is 10.3 Å². The molecule has 1 N–H and O–H groups in total. The molecule has 0 spiro atoms. The van der Waals surface area contributed by atoms with Crippen molar-refractivity contribution in [2.45, 2.75) is 31.1 Å². The Balaban J connectivity index is 1.65. The summed E-state index contributed by atoms with van der Waals surface area (Å²) in [5.74, 6) is 0.304. The van der Waals surface area contributed by atoms with E-state index in [0.717, 1.165) is 11.3 Å². The number of aromatic nitrogens is 3. The van der Waals surface area contributed by atoms with Crippen LogP contribution in [0, 0.1) is 13.8 Å². The summed E-state index contributed by atoms with van der Waals surface area (Å²) in [4.78, 5) is 16.7. The van der Waals surface area contributed by atoms with Crippen molar-refractivity contribution in [3.63, 3.8) is 0 Å². The highest BCUT2D eigenvalue weighted by Gasteiger charge is 2.35. The van der Waals surface area contributed by atoms with Crippen LogP contribution in [0.3, 0.4) is 0 Å². The summed E-state index contributed by atoms with van der Waals surface area (Å²) in [7, 11) is -2.21. The first-order valence-corrected chi connectivity index (χ1v) is 10.5. The molecular formula is C19H22N4O4S. The summed E-state index contributed by atoms with van der Waals surface area (Å²) in [6.45, 7) is 4.36. The number of nitrogens with one attached hydrogen (secondary N) is 1. The molecule has 1 aromatic carbocycles. The van der Waals surface area contributed by atoms with E-state index in [2.05, 4.69) is 10.1 Å². The van der Waals surface area contributed by atoms with Crippen molar-refractivity contribution in [3.8, 4) is 5.75 Å². The zero-order chi connectivity index (χ0) is 20.1. The fraction of sp³-hybridized carbons (Fsp3) is 0.368. The average Bonchev–Trinajstić information content (AvgIpc) is 3.28. The standard InChI is InChI=1S/C19H22N4O4S/c1-12-4-5-16(27-3)17(8-12)28(25,26)22-7-6-14(11-22)15-10-18-20-13(2)9-19(24)23(18)21-15/h4-5,8-10,14,21H,6-7,11H2,1-3H3. The number of nitrogens with zero attached hydrogens (tertiary/aromatic N) is 3. The normalized spacial score (nSPS) is 18.0. The third kappa shape index (κ3) is 3.10. The lowest BCUT2D eigenvalue weighted by Crippen LogP contribution is -2.29. The molecule has 1 saturated heterocycles. The lowest BCUT2D eigenvalue weighted by molar-refractivity contribution is 0.398. The quantitative estimate of drug-likeness (QED) is 0.718. The van der Waals surface area contributed by atoms with E-state index in [9.17, 15) is 13.2 Å². The smallest absolute Gasteiger partial charge is 0.272 e. The number of methoxy groups -OCH3 is 1. The Labute approximate surface area is 162 Å². The van der Waals surface area contributed by atoms with Crippen molar-refractivity contribution in [2.75, 3.05) is 20.2 Å². The maximum atomic E-state index is 13.2. The Morgan fingerprint density at radius 3 is 2.75 bits per heavy atom. The first-order chi connectivity index (χ1) is 13.3. The second-order valence-electron chi connectivity index (χ2n) is 7.14. The summed E-state index contributed by atoms with van der Waals surface area (Å²) in [5, 5.41) is 3.07. The second kappa shape index (κ2) is 6.75. The van der Waals surface area contributed by atoms with Gasteiger partial charge in [0.05, 0.1) is 7.11 Å². The van der Waals surface area contributed by atoms with Crippen molar-refractivity contribution < 1.29 is 13.2 Å². The van der Waals surface area contributed by atoms with Gasteiger partial charge < -0.3 is 4.74 Å². The Morgan fingerprint density at radius 1 is 1.21 bits per heavy atom. The van der Waals surface area contributed by atoms with E-state index >= 15 is 0 Å². The molecule has 148 valence electrons. The molecule has 1 aliphatic rings. The number of aromatic amines is 1. The minimum atomic E-state index is -3.68. The summed E-state index contributed by atoms with van der Waals surface area (Å²) >= 11 is 0. The van der Waals surface area contributed by atoms with Gasteiger partial charge in [-0.2, -0.15) is 4.31 Å². The van der Waals surface area contributed by atoms with Gasteiger partial charge in [0, 0.05) is 42.5 Å². The topological polar surface area (TPSA) is 96.8 Å². The van der Waals surface area contributed by atoms with Crippen molar-refractivity contribution in [2.24, 2.45) is 0 Å². The number of ether oxygens (including phenoxy) is 1. The number of sulfonamides is 1. The molecule has 2 aromatic heterocycles. The Bertz CT molecular complexity index is 1210. The van der Waals surface area contributed by atoms with Crippen LogP contribution in [0.25, 0.3) is 5.65 Å². The van der Waals surface area contributed by atoms with Gasteiger partial charge in [0.25, 0.3) is 5.56 Å². The SMILES string of the molecule is COc1ccc(C)cc1S(=O)(=O)N1CCC(c2cc3nc(C)cc(=O)n3[nH]2)C1. The van der Waals surface area contributed by atoms with Crippen molar-refractivity contribution >= 4 is 15.7 Å². The maximum Gasteiger partial charge on any atom is 0.272 e. The second-order valence-corrected chi connectivity index (χ2v) is 9.05. The summed E-state index contributed by atoms with van der Waals surface area (Å²) in [6.07, 6.45) is 0.661. The summed E-state index contributed by atoms with van der Waals surface area (Å²) < 4.78 is 34.5. The van der Waals surface area contributed by atoms with Gasteiger partial charge in [-0.25, -0.2) is 17.9 Å². The Hall–Kier alpha value is -2.65. The molecule has 1 unspecified atom stereocenters. The van der Waals surface area contributed by atoms with E-state index in [1.54, 1.807) is 19.1 Å². The number of benzene rings is 1. The monoisotopic (exact) mass is 402 g/mol. The largest absolute Gasteiger partial charge is 0.495 e. The molecule has 4 rings (SSSR count). The van der Waals surface area contributed by atoms with Gasteiger partial charge in [-0.1, -0.05) is 6.07 Å². The molecular weight excluding hydrogens is 380 g/mol. The van der Waals surface area contributed by atoms with Crippen molar-refractivity contribution in [1.82, 2.24) is 18.9 Å². The number of rotatable bonds is 4. The van der Waals surface area contributed by atoms with Crippen LogP contribution >= 0.6 is 0 Å². The zero-order valence-electron chi connectivity index (χ0n) is 16.0. The van der Waals surface area contributed by atoms with E-state index in [1.165, 1.54) is 22.0 Å². The summed E-state index contributed by atoms with van der Waals surface area (Å²) in [5.41, 5.74) is 2.68. The van der Waals surface area contributed by atoms with Crippen LogP contribution in [0.1, 0.15) is 29.3 Å². The fourth-order valence-electron chi connectivity index (χ4n) is 3.66. The Kier molecular flexibility index (Phi) is 4.51. The molecule has 0 amide bonds. The van der Waals surface area contributed by atoms with Crippen LogP contribution in [0.4, 0.5) is 0 Å². The highest BCUT2D eigenvalue weighted by molar-refractivity contribution is 7.89. The first kappa shape index (κ1) is 18.7. The predicted octanol–water partition coefficient (Wildman–Crippen LogP) is 1.83. The van der Waals surface area contributed by atoms with E-state index < -0.39 is 10.0 Å². The first-order valence-electron chi connectivity index (χ1n) is 9.03. The van der Waals surface area contributed by atoms with E-state index in [0.29, 0.717) is 36.6 Å². The van der Waals surface area contributed by atoms with Crippen molar-refractivity contribution in [1.29, 1.82) is 0 Å². The third-order valence-electron chi connectivity index (χ3n) is 5.13.